The average molecular weight is 216 g/mol. The highest BCUT2D eigenvalue weighted by atomic mass is 15.1. The van der Waals surface area contributed by atoms with E-state index in [1.807, 2.05) is 22.7 Å². The Morgan fingerprint density at radius 1 is 1.50 bits per heavy atom. The van der Waals surface area contributed by atoms with E-state index in [0.717, 1.165) is 24.4 Å². The van der Waals surface area contributed by atoms with Crippen LogP contribution in [0.4, 0.5) is 5.69 Å². The van der Waals surface area contributed by atoms with Gasteiger partial charge in [-0.15, -0.1) is 0 Å². The number of nitrogens with two attached hydrogens (primary N) is 1. The Labute approximate surface area is 94.7 Å². The van der Waals surface area contributed by atoms with E-state index >= 15 is 0 Å². The van der Waals surface area contributed by atoms with Crippen molar-refractivity contribution < 1.29 is 0 Å². The van der Waals surface area contributed by atoms with E-state index in [2.05, 4.69) is 23.1 Å². The van der Waals surface area contributed by atoms with Crippen LogP contribution in [-0.4, -0.2) is 34.4 Å². The van der Waals surface area contributed by atoms with Gasteiger partial charge >= 0.3 is 0 Å². The van der Waals surface area contributed by atoms with E-state index in [1.165, 1.54) is 12.1 Å². The fraction of sp³-hybridized carbons (Fsp3) is 0.417. The second-order valence-electron chi connectivity index (χ2n) is 4.61. The van der Waals surface area contributed by atoms with Gasteiger partial charge in [0.25, 0.3) is 0 Å². The number of hydrogen-bond acceptors (Lipinski definition) is 3. The molecule has 4 heteroatoms. The zero-order valence-electron chi connectivity index (χ0n) is 9.43. The minimum atomic E-state index is 0.560. The fourth-order valence-corrected chi connectivity index (χ4v) is 2.43. The molecule has 0 aliphatic carbocycles. The van der Waals surface area contributed by atoms with Gasteiger partial charge in [-0.25, -0.2) is 4.98 Å². The van der Waals surface area contributed by atoms with Crippen molar-refractivity contribution >= 4 is 11.3 Å². The Morgan fingerprint density at radius 3 is 3.06 bits per heavy atom. The normalized spacial score (nSPS) is 21.9. The number of nitrogen functional groups attached to an aromatic ring is 1. The third-order valence-corrected chi connectivity index (χ3v) is 3.34. The van der Waals surface area contributed by atoms with Gasteiger partial charge in [-0.05, 0) is 32.1 Å². The summed E-state index contributed by atoms with van der Waals surface area (Å²) in [4.78, 5) is 6.99. The minimum absolute atomic E-state index is 0.560. The van der Waals surface area contributed by atoms with Crippen LogP contribution in [0, 0.1) is 0 Å². The van der Waals surface area contributed by atoms with Crippen molar-refractivity contribution in [3.63, 3.8) is 0 Å². The summed E-state index contributed by atoms with van der Waals surface area (Å²) < 4.78 is 2.02. The first kappa shape index (κ1) is 9.66. The van der Waals surface area contributed by atoms with E-state index in [0.29, 0.717) is 5.92 Å². The molecule has 1 saturated heterocycles. The number of pyridine rings is 1. The van der Waals surface area contributed by atoms with Crippen molar-refractivity contribution in [1.82, 2.24) is 14.3 Å². The maximum Gasteiger partial charge on any atom is 0.160 e. The van der Waals surface area contributed by atoms with Crippen molar-refractivity contribution in [2.45, 2.75) is 12.3 Å². The summed E-state index contributed by atoms with van der Waals surface area (Å²) in [6.07, 6.45) is 5.30. The summed E-state index contributed by atoms with van der Waals surface area (Å²) in [6.45, 7) is 2.26. The molecule has 3 rings (SSSR count). The van der Waals surface area contributed by atoms with Gasteiger partial charge in [-0.1, -0.05) is 0 Å². The minimum Gasteiger partial charge on any atom is -0.396 e. The van der Waals surface area contributed by atoms with Crippen molar-refractivity contribution in [3.8, 4) is 0 Å². The molecule has 4 nitrogen and oxygen atoms in total. The van der Waals surface area contributed by atoms with Crippen LogP contribution in [0.25, 0.3) is 5.65 Å². The summed E-state index contributed by atoms with van der Waals surface area (Å²) >= 11 is 0. The van der Waals surface area contributed by atoms with Crippen LogP contribution in [0.1, 0.15) is 18.0 Å². The molecule has 2 N–H and O–H groups in total. The first-order valence-corrected chi connectivity index (χ1v) is 5.65. The molecule has 3 heterocycles. The lowest BCUT2D eigenvalue weighted by atomic mass is 10.1. The Hall–Kier alpha value is -1.55. The van der Waals surface area contributed by atoms with Gasteiger partial charge < -0.3 is 15.0 Å². The zero-order chi connectivity index (χ0) is 11.1. The number of rotatable bonds is 1. The smallest absolute Gasteiger partial charge is 0.160 e. The SMILES string of the molecule is CN1CCC(c2cn3cccc(N)c3n2)C1. The molecule has 2 aromatic heterocycles. The van der Waals surface area contributed by atoms with Crippen molar-refractivity contribution in [2.75, 3.05) is 25.9 Å². The number of anilines is 1. The van der Waals surface area contributed by atoms with Gasteiger partial charge in [0.2, 0.25) is 0 Å². The first-order chi connectivity index (χ1) is 7.74. The molecule has 0 amide bonds. The molecule has 84 valence electrons. The van der Waals surface area contributed by atoms with Gasteiger partial charge in [0.05, 0.1) is 11.4 Å². The predicted molar refractivity (Wildman–Crippen MR) is 64.5 cm³/mol. The maximum absolute atomic E-state index is 5.90. The number of likely N-dealkylation sites (tertiary alicyclic amines) is 1. The topological polar surface area (TPSA) is 46.6 Å². The number of nitrogens with zero attached hydrogens (tertiary/aromatic N) is 3. The molecule has 1 fully saturated rings. The molecule has 2 aromatic rings. The van der Waals surface area contributed by atoms with Crippen LogP contribution < -0.4 is 5.73 Å². The number of aromatic nitrogens is 2. The fourth-order valence-electron chi connectivity index (χ4n) is 2.43. The van der Waals surface area contributed by atoms with Gasteiger partial charge in [0.1, 0.15) is 0 Å². The highest BCUT2D eigenvalue weighted by Crippen LogP contribution is 2.26. The maximum atomic E-state index is 5.90. The summed E-state index contributed by atoms with van der Waals surface area (Å²) in [5.41, 5.74) is 8.70. The van der Waals surface area contributed by atoms with Crippen LogP contribution >= 0.6 is 0 Å². The molecule has 1 atom stereocenters. The Bertz CT molecular complexity index is 517. The van der Waals surface area contributed by atoms with E-state index < -0.39 is 0 Å². The summed E-state index contributed by atoms with van der Waals surface area (Å²) in [5.74, 6) is 0.560. The first-order valence-electron chi connectivity index (χ1n) is 5.65. The zero-order valence-corrected chi connectivity index (χ0v) is 9.43. The molecule has 16 heavy (non-hydrogen) atoms. The van der Waals surface area contributed by atoms with Gasteiger partial charge in [-0.3, -0.25) is 0 Å². The summed E-state index contributed by atoms with van der Waals surface area (Å²) in [6, 6.07) is 3.85. The van der Waals surface area contributed by atoms with Crippen molar-refractivity contribution in [1.29, 1.82) is 0 Å². The lowest BCUT2D eigenvalue weighted by Crippen LogP contribution is -2.13. The van der Waals surface area contributed by atoms with E-state index in [1.54, 1.807) is 0 Å². The molecule has 0 spiro atoms. The largest absolute Gasteiger partial charge is 0.396 e. The van der Waals surface area contributed by atoms with Crippen molar-refractivity contribution in [3.05, 3.63) is 30.2 Å². The molecule has 0 saturated carbocycles. The monoisotopic (exact) mass is 216 g/mol. The summed E-state index contributed by atoms with van der Waals surface area (Å²) in [7, 11) is 2.16. The highest BCUT2D eigenvalue weighted by Gasteiger charge is 2.23. The number of fused-ring (bicyclic) bond motifs is 1. The van der Waals surface area contributed by atoms with Crippen LogP contribution in [0.15, 0.2) is 24.5 Å². The van der Waals surface area contributed by atoms with Crippen molar-refractivity contribution in [2.24, 2.45) is 0 Å². The van der Waals surface area contributed by atoms with Gasteiger partial charge in [0.15, 0.2) is 5.65 Å². The molecular formula is C12H16N4. The molecular weight excluding hydrogens is 200 g/mol. The van der Waals surface area contributed by atoms with Crippen LogP contribution in [-0.2, 0) is 0 Å². The van der Waals surface area contributed by atoms with E-state index in [9.17, 15) is 0 Å². The van der Waals surface area contributed by atoms with E-state index in [4.69, 9.17) is 5.73 Å². The summed E-state index contributed by atoms with van der Waals surface area (Å²) in [5, 5.41) is 0. The van der Waals surface area contributed by atoms with Crippen LogP contribution in [0.5, 0.6) is 0 Å². The quantitative estimate of drug-likeness (QED) is 0.782. The molecule has 0 aromatic carbocycles. The molecule has 0 bridgehead atoms. The van der Waals surface area contributed by atoms with Gasteiger partial charge in [0, 0.05) is 24.9 Å². The Morgan fingerprint density at radius 2 is 2.38 bits per heavy atom. The number of imidazole rings is 1. The Balaban J connectivity index is 2.02. The molecule has 0 radical (unpaired) electrons. The van der Waals surface area contributed by atoms with Crippen LogP contribution in [0.2, 0.25) is 0 Å². The predicted octanol–water partition coefficient (Wildman–Crippen LogP) is 1.34. The number of hydrogen-bond donors (Lipinski definition) is 1. The Kier molecular flexibility index (Phi) is 2.11. The average Bonchev–Trinajstić information content (AvgIpc) is 2.84. The third-order valence-electron chi connectivity index (χ3n) is 3.34. The third kappa shape index (κ3) is 1.46. The molecule has 1 aliphatic rings. The second-order valence-corrected chi connectivity index (χ2v) is 4.61. The van der Waals surface area contributed by atoms with E-state index in [-0.39, 0.29) is 0 Å². The lowest BCUT2D eigenvalue weighted by Gasteiger charge is -2.06. The standard InChI is InChI=1S/C12H16N4/c1-15-6-4-9(7-15)11-8-16-5-2-3-10(13)12(16)14-11/h2-3,5,8-9H,4,6-7,13H2,1H3. The van der Waals surface area contributed by atoms with Gasteiger partial charge in [-0.2, -0.15) is 0 Å². The molecule has 1 unspecified atom stereocenters. The second kappa shape index (κ2) is 3.49. The lowest BCUT2D eigenvalue weighted by molar-refractivity contribution is 0.411. The van der Waals surface area contributed by atoms with Crippen LogP contribution in [0.3, 0.4) is 0 Å². The number of likely N-dealkylation sites (N-methyl/N-ethyl adjacent to an activating group) is 1. The highest BCUT2D eigenvalue weighted by molar-refractivity contribution is 5.64. The molecule has 1 aliphatic heterocycles.